The molecule has 1 amide bonds. The number of aryl methyl sites for hydroxylation is 1. The highest BCUT2D eigenvalue weighted by Gasteiger charge is 2.26. The number of nitrogens with zero attached hydrogens (tertiary/aromatic N) is 1. The van der Waals surface area contributed by atoms with Gasteiger partial charge in [0.1, 0.15) is 12.0 Å². The van der Waals surface area contributed by atoms with Crippen LogP contribution in [0.25, 0.3) is 0 Å². The van der Waals surface area contributed by atoms with Gasteiger partial charge in [0.2, 0.25) is 0 Å². The summed E-state index contributed by atoms with van der Waals surface area (Å²) in [6.45, 7) is 7.38. The molecule has 4 N–H and O–H groups in total. The molecule has 1 aliphatic heterocycles. The molecule has 0 aliphatic carbocycles. The number of hydrogen-bond acceptors (Lipinski definition) is 4. The van der Waals surface area contributed by atoms with Crippen LogP contribution >= 0.6 is 0 Å². The second-order valence-corrected chi connectivity index (χ2v) is 8.54. The van der Waals surface area contributed by atoms with Crippen LogP contribution in [0.1, 0.15) is 54.7 Å². The fourth-order valence-electron chi connectivity index (χ4n) is 3.09. The Morgan fingerprint density at radius 2 is 1.77 bits per heavy atom. The summed E-state index contributed by atoms with van der Waals surface area (Å²) in [5.41, 5.74) is 7.00. The summed E-state index contributed by atoms with van der Waals surface area (Å²) in [5, 5.41) is 5.72. The van der Waals surface area contributed by atoms with Crippen molar-refractivity contribution in [2.45, 2.75) is 51.9 Å². The first-order valence-electron chi connectivity index (χ1n) is 9.91. The lowest BCUT2D eigenvalue weighted by molar-refractivity contribution is 0.0974. The van der Waals surface area contributed by atoms with Crippen molar-refractivity contribution < 1.29 is 18.0 Å². The summed E-state index contributed by atoms with van der Waals surface area (Å²) in [6, 6.07) is 7.81. The number of hydrogen-bond donors (Lipinski definition) is 4. The van der Waals surface area contributed by atoms with Crippen LogP contribution in [0.2, 0.25) is 0 Å². The largest absolute Gasteiger partial charge is 0.351 e. The molecule has 0 bridgehead atoms. The van der Waals surface area contributed by atoms with Crippen molar-refractivity contribution in [1.29, 1.82) is 0 Å². The number of carbonyl (C=O) groups is 1. The second kappa shape index (κ2) is 9.07. The summed E-state index contributed by atoms with van der Waals surface area (Å²) in [5.74, 6) is -2.86. The van der Waals surface area contributed by atoms with Crippen LogP contribution in [0, 0.1) is 24.4 Å². The van der Waals surface area contributed by atoms with E-state index >= 15 is 0 Å². The number of benzene rings is 2. The van der Waals surface area contributed by atoms with Crippen LogP contribution in [0.3, 0.4) is 0 Å². The van der Waals surface area contributed by atoms with E-state index in [9.17, 15) is 18.0 Å². The summed E-state index contributed by atoms with van der Waals surface area (Å²) >= 11 is 0. The van der Waals surface area contributed by atoms with Gasteiger partial charge < -0.3 is 5.32 Å². The zero-order valence-electron chi connectivity index (χ0n) is 17.8. The molecule has 0 aromatic heterocycles. The molecule has 0 spiro atoms. The fourth-order valence-corrected chi connectivity index (χ4v) is 3.09. The lowest BCUT2D eigenvalue weighted by Gasteiger charge is -2.24. The smallest absolute Gasteiger partial charge is 0.258 e. The number of carbonyl (C=O) groups excluding carboxylic acids is 1. The lowest BCUT2D eigenvalue weighted by atomic mass is 10.0. The van der Waals surface area contributed by atoms with Crippen molar-refractivity contribution in [1.82, 2.24) is 21.5 Å². The monoisotopic (exact) mass is 433 g/mol. The predicted molar refractivity (Wildman–Crippen MR) is 113 cm³/mol. The molecule has 2 atom stereocenters. The molecule has 1 saturated heterocycles. The number of hydrazine groups is 1. The van der Waals surface area contributed by atoms with Crippen LogP contribution in [0.15, 0.2) is 41.4 Å². The molecule has 31 heavy (non-hydrogen) atoms. The molecule has 9 heteroatoms. The van der Waals surface area contributed by atoms with Crippen LogP contribution < -0.4 is 21.5 Å². The molecular formula is C22H26F3N5O. The fraction of sp³-hybridized carbons (Fsp3) is 0.364. The zero-order valence-corrected chi connectivity index (χ0v) is 17.8. The third-order valence-corrected chi connectivity index (χ3v) is 4.67. The third kappa shape index (κ3) is 6.05. The number of rotatable bonds is 3. The molecule has 0 radical (unpaired) electrons. The first kappa shape index (κ1) is 22.8. The molecule has 1 fully saturated rings. The Hall–Kier alpha value is -2.91. The highest BCUT2D eigenvalue weighted by molar-refractivity contribution is 6.05. The maximum atomic E-state index is 13.9. The Bertz CT molecular complexity index is 1000. The molecule has 1 aliphatic rings. The van der Waals surface area contributed by atoms with E-state index in [0.717, 1.165) is 17.7 Å². The van der Waals surface area contributed by atoms with Gasteiger partial charge in [-0.25, -0.2) is 29.0 Å². The number of nitrogens with one attached hydrogen (secondary N) is 4. The third-order valence-electron chi connectivity index (χ3n) is 4.67. The maximum Gasteiger partial charge on any atom is 0.258 e. The molecule has 1 heterocycles. The van der Waals surface area contributed by atoms with Crippen LogP contribution in [-0.4, -0.2) is 23.6 Å². The van der Waals surface area contributed by atoms with Crippen molar-refractivity contribution in [3.63, 3.8) is 0 Å². The number of halogens is 3. The van der Waals surface area contributed by atoms with Crippen LogP contribution in [-0.2, 0) is 0 Å². The summed E-state index contributed by atoms with van der Waals surface area (Å²) in [7, 11) is 0. The van der Waals surface area contributed by atoms with Gasteiger partial charge >= 0.3 is 0 Å². The first-order chi connectivity index (χ1) is 14.5. The van der Waals surface area contributed by atoms with Gasteiger partial charge in [-0.05, 0) is 63.1 Å². The van der Waals surface area contributed by atoms with Gasteiger partial charge in [-0.15, -0.1) is 0 Å². The van der Waals surface area contributed by atoms with Gasteiger partial charge in [0.15, 0.2) is 17.6 Å². The maximum absolute atomic E-state index is 13.9. The summed E-state index contributed by atoms with van der Waals surface area (Å²) < 4.78 is 40.5. The molecule has 6 nitrogen and oxygen atoms in total. The average molecular weight is 433 g/mol. The van der Waals surface area contributed by atoms with Crippen molar-refractivity contribution in [3.8, 4) is 0 Å². The van der Waals surface area contributed by atoms with Crippen molar-refractivity contribution >= 4 is 11.9 Å². The minimum absolute atomic E-state index is 0.0344. The lowest BCUT2D eigenvalue weighted by Crippen LogP contribution is -2.50. The second-order valence-electron chi connectivity index (χ2n) is 8.54. The topological polar surface area (TPSA) is 77.5 Å². The van der Waals surface area contributed by atoms with Crippen LogP contribution in [0.5, 0.6) is 0 Å². The Kier molecular flexibility index (Phi) is 6.66. The number of guanidine groups is 1. The molecule has 2 unspecified atom stereocenters. The van der Waals surface area contributed by atoms with E-state index in [1.54, 1.807) is 13.0 Å². The Morgan fingerprint density at radius 1 is 1.03 bits per heavy atom. The van der Waals surface area contributed by atoms with E-state index in [4.69, 9.17) is 0 Å². The van der Waals surface area contributed by atoms with Crippen molar-refractivity contribution in [3.05, 3.63) is 70.5 Å². The molecule has 2 aromatic carbocycles. The van der Waals surface area contributed by atoms with Crippen LogP contribution in [0.4, 0.5) is 13.2 Å². The van der Waals surface area contributed by atoms with E-state index in [1.165, 1.54) is 12.1 Å². The quantitative estimate of drug-likeness (QED) is 0.442. The molecular weight excluding hydrogens is 407 g/mol. The average Bonchev–Trinajstić information content (AvgIpc) is 3.13. The van der Waals surface area contributed by atoms with Gasteiger partial charge in [0, 0.05) is 23.6 Å². The molecule has 2 aromatic rings. The highest BCUT2D eigenvalue weighted by Crippen LogP contribution is 2.24. The molecule has 3 rings (SSSR count). The SMILES string of the molecule is Cc1ccc(C2CC(N=C(NC(=O)c3ccc(F)c(F)c3)NC(C)(C)C)NN2)cc1F. The standard InChI is InChI=1S/C22H26F3N5O/c1-12-5-6-13(9-16(12)24)18-11-19(30-29-18)26-21(28-22(2,3)4)27-20(31)14-7-8-15(23)17(25)10-14/h5-10,18-19,29-30H,11H2,1-4H3,(H2,26,27,28,31). The Balaban J connectivity index is 1.75. The van der Waals surface area contributed by atoms with Gasteiger partial charge in [-0.3, -0.25) is 10.1 Å². The van der Waals surface area contributed by atoms with E-state index in [2.05, 4.69) is 26.5 Å². The van der Waals surface area contributed by atoms with Gasteiger partial charge in [0.05, 0.1) is 0 Å². The minimum atomic E-state index is -1.11. The van der Waals surface area contributed by atoms with E-state index in [0.29, 0.717) is 12.0 Å². The van der Waals surface area contributed by atoms with E-state index in [-0.39, 0.29) is 23.4 Å². The molecule has 0 saturated carbocycles. The van der Waals surface area contributed by atoms with Gasteiger partial charge in [-0.2, -0.15) is 0 Å². The highest BCUT2D eigenvalue weighted by atomic mass is 19.2. The number of aliphatic imine (C=N–C) groups is 1. The predicted octanol–water partition coefficient (Wildman–Crippen LogP) is 3.45. The first-order valence-corrected chi connectivity index (χ1v) is 9.91. The van der Waals surface area contributed by atoms with Crippen molar-refractivity contribution in [2.75, 3.05) is 0 Å². The zero-order chi connectivity index (χ0) is 22.8. The van der Waals surface area contributed by atoms with Crippen molar-refractivity contribution in [2.24, 2.45) is 4.99 Å². The Labute approximate surface area is 179 Å². The Morgan fingerprint density at radius 3 is 2.42 bits per heavy atom. The van der Waals surface area contributed by atoms with Gasteiger partial charge in [-0.1, -0.05) is 12.1 Å². The minimum Gasteiger partial charge on any atom is -0.351 e. The van der Waals surface area contributed by atoms with E-state index < -0.39 is 29.2 Å². The number of amides is 1. The normalized spacial score (nSPS) is 19.4. The molecule has 166 valence electrons. The summed E-state index contributed by atoms with van der Waals surface area (Å²) in [6.07, 6.45) is 0.100. The summed E-state index contributed by atoms with van der Waals surface area (Å²) in [4.78, 5) is 17.1. The van der Waals surface area contributed by atoms with E-state index in [1.807, 2.05) is 26.8 Å². The van der Waals surface area contributed by atoms with Gasteiger partial charge in [0.25, 0.3) is 5.91 Å².